The van der Waals surface area contributed by atoms with Crippen LogP contribution in [0.25, 0.3) is 0 Å². The average Bonchev–Trinajstić information content (AvgIpc) is 3.39. The number of sulfonamides is 1. The first-order valence-electron chi connectivity index (χ1n) is 10.5. The number of ether oxygens (including phenoxy) is 2. The van der Waals surface area contributed by atoms with E-state index in [1.165, 1.54) is 4.31 Å². The highest BCUT2D eigenvalue weighted by atomic mass is 32.2. The maximum atomic E-state index is 12.9. The van der Waals surface area contributed by atoms with Crippen LogP contribution >= 0.6 is 0 Å². The van der Waals surface area contributed by atoms with Crippen molar-refractivity contribution < 1.29 is 27.2 Å². The van der Waals surface area contributed by atoms with E-state index in [0.29, 0.717) is 50.2 Å². The molecule has 0 N–H and O–H groups in total. The van der Waals surface area contributed by atoms with E-state index >= 15 is 0 Å². The first kappa shape index (κ1) is 21.7. The Hall–Kier alpha value is -1.53. The van der Waals surface area contributed by atoms with E-state index in [1.807, 2.05) is 0 Å². The molecule has 1 aromatic rings. The Kier molecular flexibility index (Phi) is 6.44. The lowest BCUT2D eigenvalue weighted by Crippen LogP contribution is -2.53. The van der Waals surface area contributed by atoms with Crippen molar-refractivity contribution in [1.29, 1.82) is 0 Å². The molecule has 3 aliphatic rings. The molecule has 0 aromatic carbocycles. The van der Waals surface area contributed by atoms with Crippen LogP contribution in [0.15, 0.2) is 9.42 Å². The molecule has 11 heteroatoms. The highest BCUT2D eigenvalue weighted by Gasteiger charge is 2.35. The summed E-state index contributed by atoms with van der Waals surface area (Å²) in [4.78, 5) is 16.8. The van der Waals surface area contributed by atoms with E-state index in [4.69, 9.17) is 14.0 Å². The zero-order valence-electron chi connectivity index (χ0n) is 17.6. The maximum Gasteiger partial charge on any atom is 0.248 e. The normalized spacial score (nSPS) is 23.3. The number of carbonyl (C=O) groups is 1. The summed E-state index contributed by atoms with van der Waals surface area (Å²) in [6, 6.07) is 0. The van der Waals surface area contributed by atoms with Crippen molar-refractivity contribution >= 4 is 15.9 Å². The first-order valence-corrected chi connectivity index (χ1v) is 12.0. The Morgan fingerprint density at radius 3 is 2.23 bits per heavy atom. The predicted molar refractivity (Wildman–Crippen MR) is 106 cm³/mol. The number of hydrogen-bond donors (Lipinski definition) is 0. The minimum atomic E-state index is -3.67. The minimum Gasteiger partial charge on any atom is -0.360 e. The van der Waals surface area contributed by atoms with Crippen molar-refractivity contribution in [3.63, 3.8) is 0 Å². The molecule has 0 aliphatic carbocycles. The summed E-state index contributed by atoms with van der Waals surface area (Å²) in [6.45, 7) is 7.95. The molecule has 3 saturated heterocycles. The topological polar surface area (TPSA) is 105 Å². The molecular formula is C19H30N4O6S. The van der Waals surface area contributed by atoms with E-state index in [1.54, 1.807) is 18.7 Å². The van der Waals surface area contributed by atoms with Gasteiger partial charge in [-0.15, -0.1) is 0 Å². The summed E-state index contributed by atoms with van der Waals surface area (Å²) in [5.41, 5.74) is 0.364. The highest BCUT2D eigenvalue weighted by Crippen LogP contribution is 2.26. The lowest BCUT2D eigenvalue weighted by atomic mass is 9.96. The van der Waals surface area contributed by atoms with Gasteiger partial charge in [-0.2, -0.15) is 4.31 Å². The van der Waals surface area contributed by atoms with Crippen LogP contribution < -0.4 is 0 Å². The minimum absolute atomic E-state index is 0.0520. The van der Waals surface area contributed by atoms with E-state index in [2.05, 4.69) is 10.1 Å². The Labute approximate surface area is 177 Å². The Balaban J connectivity index is 1.26. The number of amides is 1. The van der Waals surface area contributed by atoms with Gasteiger partial charge in [0.25, 0.3) is 0 Å². The van der Waals surface area contributed by atoms with Crippen molar-refractivity contribution in [2.75, 3.05) is 59.0 Å². The molecule has 1 amide bonds. The van der Waals surface area contributed by atoms with E-state index < -0.39 is 10.0 Å². The molecule has 4 heterocycles. The zero-order chi connectivity index (χ0) is 21.3. The van der Waals surface area contributed by atoms with Crippen molar-refractivity contribution in [2.45, 2.75) is 37.9 Å². The fourth-order valence-corrected chi connectivity index (χ4v) is 6.19. The zero-order valence-corrected chi connectivity index (χ0v) is 18.4. The number of hydrogen-bond acceptors (Lipinski definition) is 8. The smallest absolute Gasteiger partial charge is 0.248 e. The standard InChI is InChI=1S/C19H30N4O6S/c1-14-18(15(2)29-20-14)30(25,26)23-9-7-22(8-10-23)17(24)13-21-5-3-16(4-6-21)19-27-11-12-28-19/h16,19H,3-13H2,1-2H3. The second-order valence-electron chi connectivity index (χ2n) is 8.16. The second kappa shape index (κ2) is 8.91. The van der Waals surface area contributed by atoms with Crippen LogP contribution in [0.5, 0.6) is 0 Å². The Bertz CT molecular complexity index is 831. The number of likely N-dealkylation sites (tertiary alicyclic amines) is 1. The third kappa shape index (κ3) is 4.40. The maximum absolute atomic E-state index is 12.9. The summed E-state index contributed by atoms with van der Waals surface area (Å²) in [7, 11) is -3.67. The van der Waals surface area contributed by atoms with Crippen LogP contribution in [0.2, 0.25) is 0 Å². The fourth-order valence-electron chi connectivity index (χ4n) is 4.47. The molecule has 1 aromatic heterocycles. The molecule has 3 fully saturated rings. The molecule has 30 heavy (non-hydrogen) atoms. The molecule has 0 bridgehead atoms. The van der Waals surface area contributed by atoms with E-state index in [0.717, 1.165) is 25.9 Å². The van der Waals surface area contributed by atoms with E-state index in [9.17, 15) is 13.2 Å². The largest absolute Gasteiger partial charge is 0.360 e. The van der Waals surface area contributed by atoms with Gasteiger partial charge in [-0.25, -0.2) is 8.42 Å². The lowest BCUT2D eigenvalue weighted by Gasteiger charge is -2.37. The lowest BCUT2D eigenvalue weighted by molar-refractivity contribution is -0.135. The molecule has 3 aliphatic heterocycles. The van der Waals surface area contributed by atoms with Gasteiger partial charge in [0.1, 0.15) is 10.6 Å². The van der Waals surface area contributed by atoms with Gasteiger partial charge in [-0.3, -0.25) is 9.69 Å². The van der Waals surface area contributed by atoms with Gasteiger partial charge in [0, 0.05) is 32.1 Å². The molecular weight excluding hydrogens is 412 g/mol. The van der Waals surface area contributed by atoms with Crippen molar-refractivity contribution in [2.24, 2.45) is 5.92 Å². The van der Waals surface area contributed by atoms with E-state index in [-0.39, 0.29) is 30.2 Å². The summed E-state index contributed by atoms with van der Waals surface area (Å²) in [6.07, 6.45) is 1.83. The van der Waals surface area contributed by atoms with Gasteiger partial charge in [-0.1, -0.05) is 5.16 Å². The number of rotatable bonds is 5. The summed E-state index contributed by atoms with van der Waals surface area (Å²) < 4.78 is 43.5. The molecule has 0 saturated carbocycles. The quantitative estimate of drug-likeness (QED) is 0.637. The third-order valence-corrected chi connectivity index (χ3v) is 8.32. The SMILES string of the molecule is Cc1noc(C)c1S(=O)(=O)N1CCN(C(=O)CN2CCC(C3OCCO3)CC2)CC1. The van der Waals surface area contributed by atoms with Gasteiger partial charge in [-0.05, 0) is 39.8 Å². The number of carbonyl (C=O) groups excluding carboxylic acids is 1. The Morgan fingerprint density at radius 1 is 1.03 bits per heavy atom. The van der Waals surface area contributed by atoms with Crippen molar-refractivity contribution in [1.82, 2.24) is 19.3 Å². The van der Waals surface area contributed by atoms with Crippen LogP contribution in [0.4, 0.5) is 0 Å². The molecule has 0 atom stereocenters. The third-order valence-electron chi connectivity index (χ3n) is 6.18. The molecule has 0 unspecified atom stereocenters. The van der Waals surface area contributed by atoms with Gasteiger partial charge in [0.2, 0.25) is 15.9 Å². The molecule has 0 spiro atoms. The fraction of sp³-hybridized carbons (Fsp3) is 0.789. The number of piperazine rings is 1. The second-order valence-corrected chi connectivity index (χ2v) is 10.0. The van der Waals surface area contributed by atoms with Crippen LogP contribution in [0.1, 0.15) is 24.3 Å². The molecule has 10 nitrogen and oxygen atoms in total. The Morgan fingerprint density at radius 2 is 1.67 bits per heavy atom. The van der Waals surface area contributed by atoms with Gasteiger partial charge >= 0.3 is 0 Å². The monoisotopic (exact) mass is 442 g/mol. The number of aryl methyl sites for hydroxylation is 2. The summed E-state index contributed by atoms with van der Waals surface area (Å²) >= 11 is 0. The number of piperidine rings is 1. The number of nitrogens with zero attached hydrogens (tertiary/aromatic N) is 4. The van der Waals surface area contributed by atoms with Crippen LogP contribution in [-0.2, 0) is 24.3 Å². The average molecular weight is 443 g/mol. The predicted octanol–water partition coefficient (Wildman–Crippen LogP) is 0.209. The van der Waals surface area contributed by atoms with Crippen molar-refractivity contribution in [3.05, 3.63) is 11.5 Å². The van der Waals surface area contributed by atoms with Crippen molar-refractivity contribution in [3.8, 4) is 0 Å². The molecule has 168 valence electrons. The van der Waals surface area contributed by atoms with Crippen LogP contribution in [0, 0.1) is 19.8 Å². The summed E-state index contributed by atoms with van der Waals surface area (Å²) in [5.74, 6) is 0.746. The van der Waals surface area contributed by atoms with Gasteiger partial charge in [0.05, 0.1) is 19.8 Å². The number of aromatic nitrogens is 1. The molecule has 4 rings (SSSR count). The van der Waals surface area contributed by atoms with Crippen LogP contribution in [0.3, 0.4) is 0 Å². The first-order chi connectivity index (χ1) is 14.4. The van der Waals surface area contributed by atoms with Gasteiger partial charge in [0.15, 0.2) is 12.1 Å². The summed E-state index contributed by atoms with van der Waals surface area (Å²) in [5, 5.41) is 3.75. The molecule has 0 radical (unpaired) electrons. The van der Waals surface area contributed by atoms with Crippen LogP contribution in [-0.4, -0.2) is 98.9 Å². The van der Waals surface area contributed by atoms with Gasteiger partial charge < -0.3 is 18.9 Å². The highest BCUT2D eigenvalue weighted by molar-refractivity contribution is 7.89.